The summed E-state index contributed by atoms with van der Waals surface area (Å²) in [6, 6.07) is 10.7. The van der Waals surface area contributed by atoms with Gasteiger partial charge in [0, 0.05) is 23.6 Å². The molecule has 0 amide bonds. The second-order valence-electron chi connectivity index (χ2n) is 8.83. The average Bonchev–Trinajstić information content (AvgIpc) is 3.03. The van der Waals surface area contributed by atoms with Crippen molar-refractivity contribution in [2.24, 2.45) is 0 Å². The van der Waals surface area contributed by atoms with Crippen LogP contribution in [0.15, 0.2) is 42.5 Å². The van der Waals surface area contributed by atoms with Gasteiger partial charge in [0.1, 0.15) is 23.9 Å². The molecule has 5 rings (SSSR count). The molecule has 3 nitrogen and oxygen atoms in total. The molecular weight excluding hydrogens is 451 g/mol. The number of nitrogens with two attached hydrogens (primary N) is 1. The highest BCUT2D eigenvalue weighted by molar-refractivity contribution is 5.81. The molecule has 2 aliphatic carbocycles. The number of alkyl halides is 3. The van der Waals surface area contributed by atoms with Gasteiger partial charge in [-0.1, -0.05) is 12.1 Å². The summed E-state index contributed by atoms with van der Waals surface area (Å²) in [5, 5.41) is 20.2. The van der Waals surface area contributed by atoms with E-state index in [-0.39, 0.29) is 51.9 Å². The highest BCUT2D eigenvalue weighted by Gasteiger charge is 2.50. The number of hydrogen-bond acceptors (Lipinski definition) is 3. The van der Waals surface area contributed by atoms with Crippen LogP contribution in [0.25, 0.3) is 11.1 Å². The third kappa shape index (κ3) is 3.34. The van der Waals surface area contributed by atoms with Gasteiger partial charge in [0.15, 0.2) is 0 Å². The molecular formula is C26H19F5N2O. The van der Waals surface area contributed by atoms with Crippen molar-refractivity contribution in [3.8, 4) is 17.2 Å². The third-order valence-corrected chi connectivity index (χ3v) is 6.85. The topological polar surface area (TPSA) is 70.0 Å². The van der Waals surface area contributed by atoms with E-state index in [2.05, 4.69) is 0 Å². The fraction of sp³-hybridized carbons (Fsp3) is 0.269. The highest BCUT2D eigenvalue weighted by atomic mass is 19.3. The molecule has 34 heavy (non-hydrogen) atoms. The summed E-state index contributed by atoms with van der Waals surface area (Å²) in [6.45, 7) is 0. The van der Waals surface area contributed by atoms with Gasteiger partial charge >= 0.3 is 0 Å². The molecule has 0 heterocycles. The van der Waals surface area contributed by atoms with Crippen molar-refractivity contribution in [3.63, 3.8) is 0 Å². The number of aliphatic hydroxyl groups is 1. The Bertz CT molecular complexity index is 1360. The monoisotopic (exact) mass is 470 g/mol. The second-order valence-corrected chi connectivity index (χ2v) is 8.83. The van der Waals surface area contributed by atoms with Gasteiger partial charge in [0.25, 0.3) is 5.92 Å². The van der Waals surface area contributed by atoms with E-state index in [1.165, 1.54) is 12.1 Å². The van der Waals surface area contributed by atoms with Crippen molar-refractivity contribution >= 4 is 5.69 Å². The van der Waals surface area contributed by atoms with Crippen LogP contribution < -0.4 is 5.73 Å². The lowest BCUT2D eigenvalue weighted by molar-refractivity contribution is -0.0966. The van der Waals surface area contributed by atoms with Crippen LogP contribution in [0.3, 0.4) is 0 Å². The lowest BCUT2D eigenvalue weighted by Gasteiger charge is -2.31. The van der Waals surface area contributed by atoms with E-state index in [0.717, 1.165) is 24.3 Å². The summed E-state index contributed by atoms with van der Waals surface area (Å²) in [6.07, 6.45) is -4.11. The van der Waals surface area contributed by atoms with Gasteiger partial charge in [-0.15, -0.1) is 0 Å². The molecule has 0 bridgehead atoms. The molecule has 174 valence electrons. The maximum Gasteiger partial charge on any atom is 0.281 e. The zero-order valence-electron chi connectivity index (χ0n) is 17.8. The molecule has 3 atom stereocenters. The van der Waals surface area contributed by atoms with E-state index >= 15 is 0 Å². The normalized spacial score (nSPS) is 22.7. The molecule has 0 saturated heterocycles. The third-order valence-electron chi connectivity index (χ3n) is 6.85. The first-order chi connectivity index (χ1) is 16.1. The molecule has 0 radical (unpaired) electrons. The number of nitriles is 1. The van der Waals surface area contributed by atoms with Crippen LogP contribution in [0.2, 0.25) is 0 Å². The fourth-order valence-corrected chi connectivity index (χ4v) is 5.38. The summed E-state index contributed by atoms with van der Waals surface area (Å²) in [5.74, 6) is -5.43. The zero-order chi connectivity index (χ0) is 24.4. The highest BCUT2D eigenvalue weighted by Crippen LogP contribution is 2.53. The van der Waals surface area contributed by atoms with Crippen molar-refractivity contribution in [2.45, 2.75) is 43.4 Å². The molecule has 0 aromatic heterocycles. The molecule has 0 saturated carbocycles. The molecule has 0 fully saturated rings. The van der Waals surface area contributed by atoms with Crippen LogP contribution in [0, 0.1) is 23.0 Å². The summed E-state index contributed by atoms with van der Waals surface area (Å²) in [5.41, 5.74) is 7.38. The number of nitrogens with zero attached hydrogens (tertiary/aromatic N) is 1. The average molecular weight is 470 g/mol. The van der Waals surface area contributed by atoms with Crippen LogP contribution in [0.4, 0.5) is 27.6 Å². The van der Waals surface area contributed by atoms with Gasteiger partial charge in [-0.25, -0.2) is 22.0 Å². The summed E-state index contributed by atoms with van der Waals surface area (Å²) < 4.78 is 71.9. The minimum atomic E-state index is -3.47. The SMILES string of the molecule is N#Cc1cc(F)cc2c1[C@@H](c1ccc(-c3ccc(F)cc3N)c3c1CC(F)(F)C3O)CCC2F. The second kappa shape index (κ2) is 7.81. The van der Waals surface area contributed by atoms with E-state index in [0.29, 0.717) is 11.1 Å². The first-order valence-electron chi connectivity index (χ1n) is 10.8. The number of halogens is 5. The first kappa shape index (κ1) is 22.4. The standard InChI is InChI=1S/C26H19F5N2O/c27-13-1-2-16(22(33)9-13)18-4-3-15(20-10-26(30,31)25(34)24(18)20)17-5-6-21(29)19-8-14(28)7-12(11-32)23(17)19/h1-4,7-9,17,21,25,34H,5-6,10,33H2/t17-,21?,25?/m1/s1. The number of nitrogen functional groups attached to an aromatic ring is 1. The Morgan fingerprint density at radius 2 is 1.68 bits per heavy atom. The Labute approximate surface area is 192 Å². The largest absolute Gasteiger partial charge is 0.398 e. The maximum absolute atomic E-state index is 14.8. The molecule has 0 aliphatic heterocycles. The Morgan fingerprint density at radius 1 is 0.941 bits per heavy atom. The number of hydrogen-bond donors (Lipinski definition) is 2. The van der Waals surface area contributed by atoms with Gasteiger partial charge in [-0.3, -0.25) is 0 Å². The van der Waals surface area contributed by atoms with E-state index < -0.39 is 42.2 Å². The van der Waals surface area contributed by atoms with Crippen LogP contribution in [0.1, 0.15) is 64.4 Å². The molecule has 3 aromatic carbocycles. The molecule has 2 aliphatic rings. The first-order valence-corrected chi connectivity index (χ1v) is 10.8. The number of aliphatic hydroxyl groups excluding tert-OH is 1. The van der Waals surface area contributed by atoms with Gasteiger partial charge in [0.05, 0.1) is 11.6 Å². The maximum atomic E-state index is 14.8. The zero-order valence-corrected chi connectivity index (χ0v) is 17.8. The Morgan fingerprint density at radius 3 is 2.38 bits per heavy atom. The van der Waals surface area contributed by atoms with E-state index in [9.17, 15) is 32.3 Å². The van der Waals surface area contributed by atoms with Crippen molar-refractivity contribution < 1.29 is 27.1 Å². The summed E-state index contributed by atoms with van der Waals surface area (Å²) >= 11 is 0. The van der Waals surface area contributed by atoms with Gasteiger partial charge < -0.3 is 10.8 Å². The quantitative estimate of drug-likeness (QED) is 0.344. The number of fused-ring (bicyclic) bond motifs is 2. The molecule has 8 heteroatoms. The van der Waals surface area contributed by atoms with Crippen LogP contribution in [-0.2, 0) is 6.42 Å². The minimum Gasteiger partial charge on any atom is -0.398 e. The Kier molecular flexibility index (Phi) is 5.14. The van der Waals surface area contributed by atoms with E-state index in [4.69, 9.17) is 5.73 Å². The van der Waals surface area contributed by atoms with E-state index in [1.54, 1.807) is 6.07 Å². The van der Waals surface area contributed by atoms with Crippen LogP contribution in [0.5, 0.6) is 0 Å². The number of anilines is 1. The minimum absolute atomic E-state index is 0.0228. The summed E-state index contributed by atoms with van der Waals surface area (Å²) in [4.78, 5) is 0. The lowest BCUT2D eigenvalue weighted by Crippen LogP contribution is -2.22. The smallest absolute Gasteiger partial charge is 0.281 e. The Balaban J connectivity index is 1.75. The number of rotatable bonds is 2. The fourth-order valence-electron chi connectivity index (χ4n) is 5.38. The lowest BCUT2D eigenvalue weighted by atomic mass is 9.74. The van der Waals surface area contributed by atoms with Gasteiger partial charge in [0.2, 0.25) is 0 Å². The predicted molar refractivity (Wildman–Crippen MR) is 116 cm³/mol. The van der Waals surface area contributed by atoms with Crippen molar-refractivity contribution in [1.29, 1.82) is 5.26 Å². The van der Waals surface area contributed by atoms with Crippen molar-refractivity contribution in [2.75, 3.05) is 5.73 Å². The van der Waals surface area contributed by atoms with Crippen molar-refractivity contribution in [3.05, 3.63) is 87.5 Å². The predicted octanol–water partition coefficient (Wildman–Crippen LogP) is 6.25. The summed E-state index contributed by atoms with van der Waals surface area (Å²) in [7, 11) is 0. The Hall–Kier alpha value is -3.44. The van der Waals surface area contributed by atoms with Gasteiger partial charge in [-0.2, -0.15) is 5.26 Å². The molecule has 3 aromatic rings. The molecule has 0 spiro atoms. The van der Waals surface area contributed by atoms with Crippen molar-refractivity contribution in [1.82, 2.24) is 0 Å². The van der Waals surface area contributed by atoms with Crippen LogP contribution in [-0.4, -0.2) is 11.0 Å². The van der Waals surface area contributed by atoms with Gasteiger partial charge in [-0.05, 0) is 76.6 Å². The molecule has 2 unspecified atom stereocenters. The van der Waals surface area contributed by atoms with Crippen LogP contribution >= 0.6 is 0 Å². The number of benzene rings is 3. The van der Waals surface area contributed by atoms with E-state index in [1.807, 2.05) is 6.07 Å². The molecule has 3 N–H and O–H groups in total.